The van der Waals surface area contributed by atoms with Gasteiger partial charge in [-0.25, -0.2) is 4.98 Å². The zero-order chi connectivity index (χ0) is 16.7. The number of nitrogens with one attached hydrogen (secondary N) is 1. The fourth-order valence-electron chi connectivity index (χ4n) is 2.65. The van der Waals surface area contributed by atoms with Gasteiger partial charge in [0.05, 0.1) is 6.04 Å². The fraction of sp³-hybridized carbons (Fsp3) is 0.625. The second-order valence-corrected chi connectivity index (χ2v) is 5.65. The van der Waals surface area contributed by atoms with E-state index in [9.17, 15) is 9.18 Å². The lowest BCUT2D eigenvalue weighted by Crippen LogP contribution is -2.54. The summed E-state index contributed by atoms with van der Waals surface area (Å²) in [6.07, 6.45) is 0.813. The minimum Gasteiger partial charge on any atom is -0.385 e. The zero-order valence-electron chi connectivity index (χ0n) is 13.8. The van der Waals surface area contributed by atoms with Crippen LogP contribution in [-0.2, 0) is 9.53 Å². The Kier molecular flexibility index (Phi) is 6.73. The first kappa shape index (κ1) is 17.6. The molecule has 2 rings (SSSR count). The van der Waals surface area contributed by atoms with E-state index in [1.54, 1.807) is 13.2 Å². The molecule has 6 nitrogen and oxygen atoms in total. The van der Waals surface area contributed by atoms with Gasteiger partial charge in [-0.15, -0.1) is 0 Å². The van der Waals surface area contributed by atoms with Crippen molar-refractivity contribution in [3.05, 3.63) is 24.1 Å². The van der Waals surface area contributed by atoms with E-state index in [4.69, 9.17) is 4.74 Å². The van der Waals surface area contributed by atoms with Gasteiger partial charge in [-0.05, 0) is 25.5 Å². The first-order valence-electron chi connectivity index (χ1n) is 8.00. The molecule has 0 aliphatic carbocycles. The lowest BCUT2D eigenvalue weighted by Gasteiger charge is -2.37. The van der Waals surface area contributed by atoms with Gasteiger partial charge in [0.25, 0.3) is 0 Å². The molecule has 0 saturated carbocycles. The number of anilines is 1. The number of aromatic nitrogens is 1. The summed E-state index contributed by atoms with van der Waals surface area (Å²) < 4.78 is 18.2. The average Bonchev–Trinajstić information content (AvgIpc) is 2.58. The zero-order valence-corrected chi connectivity index (χ0v) is 13.8. The number of piperazine rings is 1. The van der Waals surface area contributed by atoms with Gasteiger partial charge in [-0.2, -0.15) is 4.39 Å². The van der Waals surface area contributed by atoms with E-state index in [1.807, 2.05) is 17.9 Å². The Morgan fingerprint density at radius 3 is 2.78 bits per heavy atom. The maximum Gasteiger partial charge on any atom is 0.237 e. The summed E-state index contributed by atoms with van der Waals surface area (Å²) in [6, 6.07) is 4.65. The summed E-state index contributed by atoms with van der Waals surface area (Å²) in [5.74, 6) is 0.230. The third-order valence-electron chi connectivity index (χ3n) is 4.09. The van der Waals surface area contributed by atoms with Crippen molar-refractivity contribution in [2.75, 3.05) is 51.3 Å². The largest absolute Gasteiger partial charge is 0.385 e. The molecule has 2 heterocycles. The average molecular weight is 324 g/mol. The first-order chi connectivity index (χ1) is 11.1. The molecule has 1 aliphatic heterocycles. The molecule has 1 N–H and O–H groups in total. The first-order valence-corrected chi connectivity index (χ1v) is 8.00. The summed E-state index contributed by atoms with van der Waals surface area (Å²) in [7, 11) is 1.65. The molecule has 7 heteroatoms. The van der Waals surface area contributed by atoms with E-state index in [0.29, 0.717) is 19.0 Å². The number of carbonyl (C=O) groups is 1. The van der Waals surface area contributed by atoms with E-state index in [1.165, 1.54) is 6.07 Å². The smallest absolute Gasteiger partial charge is 0.237 e. The van der Waals surface area contributed by atoms with Crippen LogP contribution in [0, 0.1) is 5.95 Å². The molecule has 128 valence electrons. The van der Waals surface area contributed by atoms with Gasteiger partial charge in [-0.3, -0.25) is 9.69 Å². The number of amides is 1. The van der Waals surface area contributed by atoms with Crippen molar-refractivity contribution in [3.8, 4) is 0 Å². The fourth-order valence-corrected chi connectivity index (χ4v) is 2.65. The lowest BCUT2D eigenvalue weighted by molar-refractivity contribution is -0.126. The van der Waals surface area contributed by atoms with Crippen molar-refractivity contribution < 1.29 is 13.9 Å². The summed E-state index contributed by atoms with van der Waals surface area (Å²) in [5, 5.41) is 2.93. The second-order valence-electron chi connectivity index (χ2n) is 5.65. The number of pyridine rings is 1. The molecular weight excluding hydrogens is 299 g/mol. The van der Waals surface area contributed by atoms with Crippen LogP contribution in [0.5, 0.6) is 0 Å². The second kappa shape index (κ2) is 8.79. The standard InChI is InChI=1S/C16H25FN4O2/c1-13(16(22)18-7-4-12-23-2)20-8-10-21(11-9-20)15-6-3-5-14(17)19-15/h3,5-6,13H,4,7-12H2,1-2H3,(H,18,22)/t13-/m0/s1. The number of halogens is 1. The number of methoxy groups -OCH3 is 1. The highest BCUT2D eigenvalue weighted by Crippen LogP contribution is 2.15. The third-order valence-corrected chi connectivity index (χ3v) is 4.09. The molecule has 1 aromatic rings. The molecule has 23 heavy (non-hydrogen) atoms. The minimum atomic E-state index is -0.464. The van der Waals surface area contributed by atoms with Crippen LogP contribution in [-0.4, -0.2) is 68.3 Å². The SMILES string of the molecule is COCCCNC(=O)[C@H](C)N1CCN(c2cccc(F)n2)CC1. The van der Waals surface area contributed by atoms with Crippen LogP contribution < -0.4 is 10.2 Å². The van der Waals surface area contributed by atoms with Crippen LogP contribution in [0.15, 0.2) is 18.2 Å². The van der Waals surface area contributed by atoms with Crippen LogP contribution in [0.3, 0.4) is 0 Å². The molecule has 0 spiro atoms. The Bertz CT molecular complexity index is 507. The Morgan fingerprint density at radius 1 is 1.39 bits per heavy atom. The van der Waals surface area contributed by atoms with E-state index >= 15 is 0 Å². The van der Waals surface area contributed by atoms with Crippen LogP contribution in [0.2, 0.25) is 0 Å². The molecule has 1 amide bonds. The van der Waals surface area contributed by atoms with E-state index in [2.05, 4.69) is 15.2 Å². The number of hydrogen-bond acceptors (Lipinski definition) is 5. The number of ether oxygens (including phenoxy) is 1. The number of rotatable bonds is 7. The van der Waals surface area contributed by atoms with E-state index < -0.39 is 5.95 Å². The predicted octanol–water partition coefficient (Wildman–Crippen LogP) is 0.884. The van der Waals surface area contributed by atoms with Gasteiger partial charge in [-0.1, -0.05) is 6.07 Å². The highest BCUT2D eigenvalue weighted by molar-refractivity contribution is 5.81. The normalized spacial score (nSPS) is 17.1. The van der Waals surface area contributed by atoms with E-state index in [-0.39, 0.29) is 11.9 Å². The topological polar surface area (TPSA) is 57.7 Å². The third kappa shape index (κ3) is 5.14. The minimum absolute atomic E-state index is 0.0402. The van der Waals surface area contributed by atoms with Crippen molar-refractivity contribution in [1.82, 2.24) is 15.2 Å². The quantitative estimate of drug-likeness (QED) is 0.596. The Hall–Kier alpha value is -1.73. The number of carbonyl (C=O) groups excluding carboxylic acids is 1. The van der Waals surface area contributed by atoms with Crippen molar-refractivity contribution in [2.45, 2.75) is 19.4 Å². The van der Waals surface area contributed by atoms with E-state index in [0.717, 1.165) is 32.6 Å². The predicted molar refractivity (Wildman–Crippen MR) is 86.9 cm³/mol. The molecule has 1 aliphatic rings. The molecule has 0 unspecified atom stereocenters. The van der Waals surface area contributed by atoms with Crippen LogP contribution >= 0.6 is 0 Å². The molecule has 0 bridgehead atoms. The lowest BCUT2D eigenvalue weighted by atomic mass is 10.2. The Morgan fingerprint density at radius 2 is 2.13 bits per heavy atom. The monoisotopic (exact) mass is 324 g/mol. The van der Waals surface area contributed by atoms with Crippen molar-refractivity contribution in [2.24, 2.45) is 0 Å². The van der Waals surface area contributed by atoms with Gasteiger partial charge in [0, 0.05) is 46.4 Å². The summed E-state index contributed by atoms with van der Waals surface area (Å²) in [6.45, 7) is 6.17. The molecule has 1 fully saturated rings. The molecule has 0 radical (unpaired) electrons. The van der Waals surface area contributed by atoms with Gasteiger partial charge in [0.1, 0.15) is 5.82 Å². The number of hydrogen-bond donors (Lipinski definition) is 1. The number of nitrogens with zero attached hydrogens (tertiary/aromatic N) is 3. The van der Waals surface area contributed by atoms with Gasteiger partial charge < -0.3 is 15.0 Å². The Balaban J connectivity index is 1.78. The molecular formula is C16H25FN4O2. The van der Waals surface area contributed by atoms with Crippen LogP contribution in [0.4, 0.5) is 10.2 Å². The molecule has 1 atom stereocenters. The van der Waals surface area contributed by atoms with Crippen molar-refractivity contribution in [1.29, 1.82) is 0 Å². The maximum absolute atomic E-state index is 13.2. The summed E-state index contributed by atoms with van der Waals surface area (Å²) in [4.78, 5) is 20.2. The molecule has 1 saturated heterocycles. The highest BCUT2D eigenvalue weighted by Gasteiger charge is 2.25. The molecule has 1 aromatic heterocycles. The van der Waals surface area contributed by atoms with Crippen molar-refractivity contribution in [3.63, 3.8) is 0 Å². The summed E-state index contributed by atoms with van der Waals surface area (Å²) in [5.41, 5.74) is 0. The maximum atomic E-state index is 13.2. The highest BCUT2D eigenvalue weighted by atomic mass is 19.1. The van der Waals surface area contributed by atoms with Gasteiger partial charge in [0.15, 0.2) is 0 Å². The van der Waals surface area contributed by atoms with Crippen molar-refractivity contribution >= 4 is 11.7 Å². The van der Waals surface area contributed by atoms with Gasteiger partial charge in [0.2, 0.25) is 11.9 Å². The van der Waals surface area contributed by atoms with Gasteiger partial charge >= 0.3 is 0 Å². The van der Waals surface area contributed by atoms with Crippen LogP contribution in [0.1, 0.15) is 13.3 Å². The Labute approximate surface area is 136 Å². The van der Waals surface area contributed by atoms with Crippen LogP contribution in [0.25, 0.3) is 0 Å². The summed E-state index contributed by atoms with van der Waals surface area (Å²) >= 11 is 0. The molecule has 0 aromatic carbocycles.